The van der Waals surface area contributed by atoms with Crippen LogP contribution in [-0.4, -0.2) is 28.5 Å². The van der Waals surface area contributed by atoms with E-state index in [0.29, 0.717) is 22.0 Å². The zero-order valence-corrected chi connectivity index (χ0v) is 15.0. The number of benzene rings is 2. The summed E-state index contributed by atoms with van der Waals surface area (Å²) in [6, 6.07) is 7.36. The summed E-state index contributed by atoms with van der Waals surface area (Å²) in [5, 5.41) is 2.96. The Morgan fingerprint density at radius 1 is 1.12 bits per heavy atom. The van der Waals surface area contributed by atoms with Gasteiger partial charge in [-0.3, -0.25) is 9.52 Å². The van der Waals surface area contributed by atoms with E-state index in [2.05, 4.69) is 10.0 Å². The number of ether oxygens (including phenoxy) is 2. The van der Waals surface area contributed by atoms with E-state index in [1.54, 1.807) is 6.07 Å². The third-order valence-electron chi connectivity index (χ3n) is 3.73. The summed E-state index contributed by atoms with van der Waals surface area (Å²) in [5.74, 6) is 0.401. The maximum atomic E-state index is 12.7. The molecule has 2 N–H and O–H groups in total. The van der Waals surface area contributed by atoms with Crippen molar-refractivity contribution in [2.75, 3.05) is 24.3 Å². The molecule has 1 aliphatic heterocycles. The topological polar surface area (TPSA) is 93.7 Å². The summed E-state index contributed by atoms with van der Waals surface area (Å²) in [6.45, 7) is 0. The van der Waals surface area contributed by atoms with Crippen LogP contribution >= 0.6 is 11.6 Å². The first-order valence-electron chi connectivity index (χ1n) is 7.21. The van der Waals surface area contributed by atoms with Crippen LogP contribution in [-0.2, 0) is 21.2 Å². The van der Waals surface area contributed by atoms with E-state index in [4.69, 9.17) is 21.1 Å². The lowest BCUT2D eigenvalue weighted by Crippen LogP contribution is -2.14. The van der Waals surface area contributed by atoms with E-state index < -0.39 is 10.0 Å². The predicted octanol–water partition coefficient (Wildman–Crippen LogP) is 2.65. The van der Waals surface area contributed by atoms with Gasteiger partial charge in [-0.15, -0.1) is 0 Å². The van der Waals surface area contributed by atoms with Crippen molar-refractivity contribution in [1.82, 2.24) is 0 Å². The fourth-order valence-corrected chi connectivity index (χ4v) is 3.86. The first kappa shape index (κ1) is 17.4. The number of sulfonamides is 1. The lowest BCUT2D eigenvalue weighted by atomic mass is 10.2. The van der Waals surface area contributed by atoms with Crippen LogP contribution in [0.2, 0.25) is 5.02 Å². The summed E-state index contributed by atoms with van der Waals surface area (Å²) in [6.07, 6.45) is 0.150. The minimum atomic E-state index is -3.89. The van der Waals surface area contributed by atoms with Crippen LogP contribution < -0.4 is 19.5 Å². The summed E-state index contributed by atoms with van der Waals surface area (Å²) < 4.78 is 38.1. The SMILES string of the molecule is COc1cc(NS(=O)(=O)c2ccc3c(c2)CC(=O)N3)c(OC)cc1Cl. The molecular formula is C16H15ClN2O5S. The molecule has 1 aliphatic rings. The molecule has 9 heteroatoms. The molecule has 0 aliphatic carbocycles. The molecule has 2 aromatic carbocycles. The Morgan fingerprint density at radius 3 is 2.52 bits per heavy atom. The minimum Gasteiger partial charge on any atom is -0.495 e. The normalized spacial score (nSPS) is 13.2. The van der Waals surface area contributed by atoms with E-state index in [-0.39, 0.29) is 28.7 Å². The maximum absolute atomic E-state index is 12.7. The fourth-order valence-electron chi connectivity index (χ4n) is 2.52. The van der Waals surface area contributed by atoms with E-state index in [1.165, 1.54) is 38.5 Å². The van der Waals surface area contributed by atoms with Gasteiger partial charge in [-0.2, -0.15) is 0 Å². The molecule has 1 heterocycles. The summed E-state index contributed by atoms with van der Waals surface area (Å²) >= 11 is 6.03. The highest BCUT2D eigenvalue weighted by Gasteiger charge is 2.23. The van der Waals surface area contributed by atoms with Gasteiger partial charge in [0.15, 0.2) is 0 Å². The Labute approximate surface area is 149 Å². The summed E-state index contributed by atoms with van der Waals surface area (Å²) in [5.41, 5.74) is 1.45. The number of hydrogen-bond acceptors (Lipinski definition) is 5. The van der Waals surface area contributed by atoms with Gasteiger partial charge >= 0.3 is 0 Å². The van der Waals surface area contributed by atoms with Gasteiger partial charge in [0, 0.05) is 17.8 Å². The van der Waals surface area contributed by atoms with Gasteiger partial charge < -0.3 is 14.8 Å². The second-order valence-electron chi connectivity index (χ2n) is 5.34. The molecule has 0 aromatic heterocycles. The average molecular weight is 383 g/mol. The van der Waals surface area contributed by atoms with Crippen molar-refractivity contribution in [3.63, 3.8) is 0 Å². The van der Waals surface area contributed by atoms with Crippen molar-refractivity contribution in [2.45, 2.75) is 11.3 Å². The van der Waals surface area contributed by atoms with Gasteiger partial charge in [0.25, 0.3) is 10.0 Å². The molecule has 2 aromatic rings. The zero-order chi connectivity index (χ0) is 18.2. The molecule has 0 saturated carbocycles. The predicted molar refractivity (Wildman–Crippen MR) is 94.1 cm³/mol. The Bertz CT molecular complexity index is 959. The van der Waals surface area contributed by atoms with Gasteiger partial charge in [-0.1, -0.05) is 11.6 Å². The Morgan fingerprint density at radius 2 is 1.84 bits per heavy atom. The largest absolute Gasteiger partial charge is 0.495 e. The average Bonchev–Trinajstić information content (AvgIpc) is 2.94. The van der Waals surface area contributed by atoms with Crippen molar-refractivity contribution < 1.29 is 22.7 Å². The Balaban J connectivity index is 1.97. The van der Waals surface area contributed by atoms with Crippen molar-refractivity contribution in [1.29, 1.82) is 0 Å². The monoisotopic (exact) mass is 382 g/mol. The second kappa shape index (κ2) is 6.45. The van der Waals surface area contributed by atoms with Crippen LogP contribution in [0.15, 0.2) is 35.2 Å². The molecule has 0 fully saturated rings. The number of methoxy groups -OCH3 is 2. The molecule has 0 unspecified atom stereocenters. The van der Waals surface area contributed by atoms with Crippen LogP contribution in [0.4, 0.5) is 11.4 Å². The van der Waals surface area contributed by atoms with Gasteiger partial charge in [0.2, 0.25) is 5.91 Å². The fraction of sp³-hybridized carbons (Fsp3) is 0.188. The van der Waals surface area contributed by atoms with Crippen LogP contribution in [0.3, 0.4) is 0 Å². The molecule has 132 valence electrons. The molecule has 0 bridgehead atoms. The molecule has 0 saturated heterocycles. The maximum Gasteiger partial charge on any atom is 0.262 e. The van der Waals surface area contributed by atoms with E-state index in [9.17, 15) is 13.2 Å². The van der Waals surface area contributed by atoms with Crippen LogP contribution in [0.5, 0.6) is 11.5 Å². The van der Waals surface area contributed by atoms with Crippen LogP contribution in [0, 0.1) is 0 Å². The lowest BCUT2D eigenvalue weighted by Gasteiger charge is -2.14. The van der Waals surface area contributed by atoms with E-state index in [0.717, 1.165) is 0 Å². The molecule has 0 atom stereocenters. The third-order valence-corrected chi connectivity index (χ3v) is 5.39. The van der Waals surface area contributed by atoms with Crippen molar-refractivity contribution in [2.24, 2.45) is 0 Å². The molecule has 0 radical (unpaired) electrons. The quantitative estimate of drug-likeness (QED) is 0.829. The van der Waals surface area contributed by atoms with E-state index >= 15 is 0 Å². The first-order valence-corrected chi connectivity index (χ1v) is 9.07. The van der Waals surface area contributed by atoms with Crippen molar-refractivity contribution in [3.8, 4) is 11.5 Å². The molecule has 3 rings (SSSR count). The lowest BCUT2D eigenvalue weighted by molar-refractivity contribution is -0.115. The highest BCUT2D eigenvalue weighted by molar-refractivity contribution is 7.92. The molecule has 1 amide bonds. The Hall–Kier alpha value is -2.45. The molecule has 25 heavy (non-hydrogen) atoms. The van der Waals surface area contributed by atoms with Gasteiger partial charge in [-0.25, -0.2) is 8.42 Å². The van der Waals surface area contributed by atoms with Gasteiger partial charge in [0.1, 0.15) is 11.5 Å². The molecule has 0 spiro atoms. The number of rotatable bonds is 5. The Kier molecular flexibility index (Phi) is 4.49. The smallest absolute Gasteiger partial charge is 0.262 e. The number of anilines is 2. The number of amides is 1. The number of halogens is 1. The number of carbonyl (C=O) groups is 1. The van der Waals surface area contributed by atoms with Gasteiger partial charge in [0.05, 0.1) is 36.2 Å². The summed E-state index contributed by atoms with van der Waals surface area (Å²) in [4.78, 5) is 11.5. The number of nitrogens with one attached hydrogen (secondary N) is 2. The summed E-state index contributed by atoms with van der Waals surface area (Å²) in [7, 11) is -1.06. The standard InChI is InChI=1S/C16H15ClN2O5S/c1-23-14-8-13(15(24-2)7-11(14)17)19-25(21,22)10-3-4-12-9(5-10)6-16(20)18-12/h3-5,7-8,19H,6H2,1-2H3,(H,18,20). The van der Waals surface area contributed by atoms with Gasteiger partial charge in [-0.05, 0) is 23.8 Å². The molecule has 7 nitrogen and oxygen atoms in total. The van der Waals surface area contributed by atoms with Crippen LogP contribution in [0.1, 0.15) is 5.56 Å². The number of hydrogen-bond donors (Lipinski definition) is 2. The highest BCUT2D eigenvalue weighted by atomic mass is 35.5. The van der Waals surface area contributed by atoms with Crippen molar-refractivity contribution >= 4 is 38.9 Å². The first-order chi connectivity index (χ1) is 11.8. The molecular weight excluding hydrogens is 368 g/mol. The van der Waals surface area contributed by atoms with E-state index in [1.807, 2.05) is 0 Å². The van der Waals surface area contributed by atoms with Crippen LogP contribution in [0.25, 0.3) is 0 Å². The van der Waals surface area contributed by atoms with Crippen molar-refractivity contribution in [3.05, 3.63) is 40.9 Å². The number of fused-ring (bicyclic) bond motifs is 1. The third kappa shape index (κ3) is 3.35. The zero-order valence-electron chi connectivity index (χ0n) is 13.4. The minimum absolute atomic E-state index is 0.0405. The second-order valence-corrected chi connectivity index (χ2v) is 7.43. The highest BCUT2D eigenvalue weighted by Crippen LogP contribution is 2.37. The number of carbonyl (C=O) groups excluding carboxylic acids is 1.